The van der Waals surface area contributed by atoms with E-state index >= 15 is 0 Å². The number of nitrogens with two attached hydrogens (primary N) is 1. The molecule has 19 heavy (non-hydrogen) atoms. The maximum absolute atomic E-state index is 8.99. The summed E-state index contributed by atoms with van der Waals surface area (Å²) in [6.45, 7) is 6.13. The summed E-state index contributed by atoms with van der Waals surface area (Å²) >= 11 is 1.33. The molecule has 3 N–H and O–H groups in total. The van der Waals surface area contributed by atoms with Gasteiger partial charge in [-0.1, -0.05) is 13.8 Å². The zero-order chi connectivity index (χ0) is 14.6. The summed E-state index contributed by atoms with van der Waals surface area (Å²) in [6.07, 6.45) is 0. The summed E-state index contributed by atoms with van der Waals surface area (Å²) in [5.41, 5.74) is 6.39. The molecule has 0 aliphatic rings. The Morgan fingerprint density at radius 2 is 2.11 bits per heavy atom. The average molecular weight is 282 g/mol. The van der Waals surface area contributed by atoms with Crippen LogP contribution in [0, 0.1) is 16.7 Å². The van der Waals surface area contributed by atoms with Crippen LogP contribution < -0.4 is 15.8 Å². The number of rotatable bonds is 6. The topological polar surface area (TPSA) is 74.3 Å². The summed E-state index contributed by atoms with van der Waals surface area (Å²) in [6, 6.07) is 2.09. The molecule has 1 heterocycles. The van der Waals surface area contributed by atoms with E-state index in [1.807, 2.05) is 0 Å². The molecule has 0 spiro atoms. The van der Waals surface area contributed by atoms with Gasteiger partial charge in [0.1, 0.15) is 21.6 Å². The van der Waals surface area contributed by atoms with Gasteiger partial charge in [0.2, 0.25) is 0 Å². The third-order valence-electron chi connectivity index (χ3n) is 2.68. The lowest BCUT2D eigenvalue weighted by atomic mass is 9.93. The van der Waals surface area contributed by atoms with Crippen LogP contribution in [0.4, 0.5) is 10.7 Å². The van der Waals surface area contributed by atoms with Gasteiger partial charge in [-0.3, -0.25) is 0 Å². The van der Waals surface area contributed by atoms with Gasteiger partial charge < -0.3 is 20.7 Å². The van der Waals surface area contributed by atoms with Gasteiger partial charge in [0.15, 0.2) is 5.75 Å². The fourth-order valence-electron chi connectivity index (χ4n) is 2.06. The molecule has 1 rings (SSSR count). The lowest BCUT2D eigenvalue weighted by molar-refractivity contribution is 0.254. The molecule has 0 aliphatic carbocycles. The number of nitrogens with one attached hydrogen (secondary N) is 1. The highest BCUT2D eigenvalue weighted by Crippen LogP contribution is 2.42. The van der Waals surface area contributed by atoms with Crippen LogP contribution >= 0.6 is 11.3 Å². The first-order chi connectivity index (χ1) is 8.80. The first kappa shape index (κ1) is 15.6. The molecular formula is C13H22N4OS. The summed E-state index contributed by atoms with van der Waals surface area (Å²) in [5.74, 6) is 0.571. The van der Waals surface area contributed by atoms with Gasteiger partial charge in [-0.05, 0) is 19.5 Å². The molecular weight excluding hydrogens is 260 g/mol. The van der Waals surface area contributed by atoms with Crippen molar-refractivity contribution in [2.24, 2.45) is 5.41 Å². The summed E-state index contributed by atoms with van der Waals surface area (Å²) in [5, 5.41) is 13.2. The minimum absolute atomic E-state index is 0.111. The van der Waals surface area contributed by atoms with E-state index in [2.05, 4.69) is 44.2 Å². The Hall–Kier alpha value is -1.45. The van der Waals surface area contributed by atoms with Crippen molar-refractivity contribution in [3.8, 4) is 11.8 Å². The number of nitrogen functional groups attached to an aromatic ring is 1. The molecule has 0 saturated carbocycles. The average Bonchev–Trinajstić information content (AvgIpc) is 2.61. The van der Waals surface area contributed by atoms with Crippen LogP contribution in [0.2, 0.25) is 0 Å². The summed E-state index contributed by atoms with van der Waals surface area (Å²) in [4.78, 5) is 2.65. The largest absolute Gasteiger partial charge is 0.492 e. The van der Waals surface area contributed by atoms with Crippen LogP contribution in [0.1, 0.15) is 18.7 Å². The van der Waals surface area contributed by atoms with E-state index in [1.54, 1.807) is 7.11 Å². The number of anilines is 2. The zero-order valence-electron chi connectivity index (χ0n) is 12.2. The van der Waals surface area contributed by atoms with E-state index in [4.69, 9.17) is 15.7 Å². The third kappa shape index (κ3) is 4.01. The number of ether oxygens (including phenoxy) is 1. The highest BCUT2D eigenvalue weighted by Gasteiger charge is 2.22. The Bertz CT molecular complexity index is 474. The van der Waals surface area contributed by atoms with E-state index in [1.165, 1.54) is 11.3 Å². The molecule has 6 heteroatoms. The molecule has 5 nitrogen and oxygen atoms in total. The predicted octanol–water partition coefficient (Wildman–Crippen LogP) is 2.21. The minimum Gasteiger partial charge on any atom is -0.492 e. The Morgan fingerprint density at radius 1 is 1.47 bits per heavy atom. The Balaban J connectivity index is 2.81. The van der Waals surface area contributed by atoms with Crippen LogP contribution in [0.3, 0.4) is 0 Å². The number of thiophene rings is 1. The Morgan fingerprint density at radius 3 is 2.58 bits per heavy atom. The van der Waals surface area contributed by atoms with Gasteiger partial charge in [-0.2, -0.15) is 5.26 Å². The Kier molecular flexibility index (Phi) is 5.04. The molecule has 0 amide bonds. The van der Waals surface area contributed by atoms with Gasteiger partial charge >= 0.3 is 0 Å². The monoisotopic (exact) mass is 282 g/mol. The van der Waals surface area contributed by atoms with Gasteiger partial charge in [-0.15, -0.1) is 11.3 Å². The van der Waals surface area contributed by atoms with E-state index in [-0.39, 0.29) is 5.41 Å². The predicted molar refractivity (Wildman–Crippen MR) is 80.8 cm³/mol. The van der Waals surface area contributed by atoms with E-state index in [0.717, 1.165) is 18.1 Å². The van der Waals surface area contributed by atoms with Crippen molar-refractivity contribution in [1.29, 1.82) is 5.26 Å². The van der Waals surface area contributed by atoms with Gasteiger partial charge in [0.05, 0.1) is 7.11 Å². The number of nitriles is 1. The maximum Gasteiger partial charge on any atom is 0.177 e. The molecule has 0 bridgehead atoms. The zero-order valence-corrected chi connectivity index (χ0v) is 13.0. The quantitative estimate of drug-likeness (QED) is 0.837. The summed E-state index contributed by atoms with van der Waals surface area (Å²) in [7, 11) is 5.67. The van der Waals surface area contributed by atoms with Crippen molar-refractivity contribution in [1.82, 2.24) is 4.90 Å². The molecule has 0 aromatic carbocycles. The number of nitrogens with zero attached hydrogens (tertiary/aromatic N) is 2. The molecule has 106 valence electrons. The van der Waals surface area contributed by atoms with Crippen LogP contribution in [0.25, 0.3) is 0 Å². The highest BCUT2D eigenvalue weighted by molar-refractivity contribution is 7.17. The van der Waals surface area contributed by atoms with Crippen molar-refractivity contribution >= 4 is 22.0 Å². The van der Waals surface area contributed by atoms with Crippen LogP contribution in [-0.4, -0.2) is 39.2 Å². The number of methoxy groups -OCH3 is 1. The standard InChI is InChI=1S/C13H22N4OS/c1-13(2,8-17(3)4)7-16-12-11(18-5)10(15)9(6-14)19-12/h16H,7-8,15H2,1-5H3. The molecule has 0 aliphatic heterocycles. The molecule has 0 unspecified atom stereocenters. The first-order valence-corrected chi connectivity index (χ1v) is 6.87. The number of hydrogen-bond acceptors (Lipinski definition) is 6. The lowest BCUT2D eigenvalue weighted by Crippen LogP contribution is -2.34. The van der Waals surface area contributed by atoms with E-state index in [0.29, 0.717) is 16.3 Å². The SMILES string of the molecule is COc1c(NCC(C)(C)CN(C)C)sc(C#N)c1N. The summed E-state index contributed by atoms with van der Waals surface area (Å²) < 4.78 is 5.27. The molecule has 0 fully saturated rings. The second-order valence-electron chi connectivity index (χ2n) is 5.57. The maximum atomic E-state index is 8.99. The normalized spacial score (nSPS) is 11.4. The van der Waals surface area contributed by atoms with Gasteiger partial charge in [0, 0.05) is 13.1 Å². The van der Waals surface area contributed by atoms with Crippen molar-refractivity contribution in [3.63, 3.8) is 0 Å². The molecule has 0 saturated heterocycles. The fraction of sp³-hybridized carbons (Fsp3) is 0.615. The van der Waals surface area contributed by atoms with Crippen LogP contribution in [0.5, 0.6) is 5.75 Å². The third-order valence-corrected chi connectivity index (χ3v) is 3.73. The number of hydrogen-bond donors (Lipinski definition) is 2. The molecule has 1 aromatic heterocycles. The highest BCUT2D eigenvalue weighted by atomic mass is 32.1. The Labute approximate surface area is 119 Å². The van der Waals surface area contributed by atoms with Gasteiger partial charge in [-0.25, -0.2) is 0 Å². The lowest BCUT2D eigenvalue weighted by Gasteiger charge is -2.28. The van der Waals surface area contributed by atoms with Crippen molar-refractivity contribution in [2.75, 3.05) is 45.3 Å². The van der Waals surface area contributed by atoms with Gasteiger partial charge in [0.25, 0.3) is 0 Å². The van der Waals surface area contributed by atoms with Crippen LogP contribution in [0.15, 0.2) is 0 Å². The molecule has 1 aromatic rings. The molecule has 0 atom stereocenters. The molecule has 0 radical (unpaired) electrons. The van der Waals surface area contributed by atoms with E-state index in [9.17, 15) is 0 Å². The van der Waals surface area contributed by atoms with Crippen LogP contribution in [-0.2, 0) is 0 Å². The minimum atomic E-state index is 0.111. The second-order valence-corrected chi connectivity index (χ2v) is 6.60. The van der Waals surface area contributed by atoms with Crippen molar-refractivity contribution in [3.05, 3.63) is 4.88 Å². The first-order valence-electron chi connectivity index (χ1n) is 6.05. The second kappa shape index (κ2) is 6.13. The smallest absolute Gasteiger partial charge is 0.177 e. The van der Waals surface area contributed by atoms with Crippen molar-refractivity contribution < 1.29 is 4.74 Å². The van der Waals surface area contributed by atoms with Crippen molar-refractivity contribution in [2.45, 2.75) is 13.8 Å². The van der Waals surface area contributed by atoms with E-state index < -0.39 is 0 Å². The fourth-order valence-corrected chi connectivity index (χ4v) is 2.95.